The van der Waals surface area contributed by atoms with Crippen LogP contribution in [0.4, 0.5) is 17.6 Å². The van der Waals surface area contributed by atoms with Crippen molar-refractivity contribution in [1.82, 2.24) is 9.13 Å². The molecule has 0 amide bonds. The number of aryl methyl sites for hydroxylation is 4. The second-order valence-corrected chi connectivity index (χ2v) is 19.5. The fourth-order valence-electron chi connectivity index (χ4n) is 8.03. The minimum absolute atomic E-state index is 0.154. The Balaban J connectivity index is 1.74. The van der Waals surface area contributed by atoms with Crippen LogP contribution in [0.1, 0.15) is 71.7 Å². The molecule has 0 aliphatic heterocycles. The van der Waals surface area contributed by atoms with Gasteiger partial charge in [0.25, 0.3) is 0 Å². The predicted molar refractivity (Wildman–Crippen MR) is 193 cm³/mol. The first kappa shape index (κ1) is 37.1. The van der Waals surface area contributed by atoms with E-state index in [1.807, 2.05) is 90.1 Å². The molecule has 2 aromatic carbocycles. The average molecular weight is 735 g/mol. The summed E-state index contributed by atoms with van der Waals surface area (Å²) in [5.74, 6) is -3.11. The molecule has 0 saturated heterocycles. The Kier molecular flexibility index (Phi) is 10.7. The molecular formula is C42H46F4N2O2Ti. The van der Waals surface area contributed by atoms with Gasteiger partial charge < -0.3 is 0 Å². The van der Waals surface area contributed by atoms with Crippen molar-refractivity contribution >= 4 is 7.74 Å². The van der Waals surface area contributed by atoms with Gasteiger partial charge in [0.15, 0.2) is 0 Å². The Bertz CT molecular complexity index is 2000. The van der Waals surface area contributed by atoms with Gasteiger partial charge in [-0.25, -0.2) is 0 Å². The second-order valence-electron chi connectivity index (χ2n) is 13.6. The Morgan fingerprint density at radius 3 is 1.31 bits per heavy atom. The number of nitrogens with zero attached hydrogens (tertiary/aromatic N) is 2. The molecule has 4 aromatic rings. The summed E-state index contributed by atoms with van der Waals surface area (Å²) in [7, 11) is 0. The Hall–Kier alpha value is -3.69. The molecule has 2 aliphatic rings. The first-order chi connectivity index (χ1) is 24.4. The fourth-order valence-corrected chi connectivity index (χ4v) is 16.5. The maximum atomic E-state index is 17.9. The third-order valence-electron chi connectivity index (χ3n) is 10.5. The third kappa shape index (κ3) is 6.08. The van der Waals surface area contributed by atoms with E-state index in [4.69, 9.17) is 9.47 Å². The van der Waals surface area contributed by atoms with E-state index in [0.717, 1.165) is 33.9 Å². The molecule has 2 aromatic heterocycles. The molecule has 2 aliphatic carbocycles. The molecule has 268 valence electrons. The van der Waals surface area contributed by atoms with Crippen LogP contribution < -0.4 is 7.74 Å². The molecule has 4 nitrogen and oxygen atoms in total. The summed E-state index contributed by atoms with van der Waals surface area (Å²) in [6, 6.07) is 6.90. The molecule has 0 spiro atoms. The van der Waals surface area contributed by atoms with Gasteiger partial charge >= 0.3 is 303 Å². The molecule has 0 atom stereocenters. The van der Waals surface area contributed by atoms with E-state index in [9.17, 15) is 0 Å². The van der Waals surface area contributed by atoms with Gasteiger partial charge in [0.2, 0.25) is 0 Å². The summed E-state index contributed by atoms with van der Waals surface area (Å²) in [5, 5.41) is 0. The topological polar surface area (TPSA) is 28.3 Å². The van der Waals surface area contributed by atoms with Crippen molar-refractivity contribution in [2.24, 2.45) is 0 Å². The van der Waals surface area contributed by atoms with Gasteiger partial charge in [0.1, 0.15) is 0 Å². The molecule has 0 N–H and O–H groups in total. The monoisotopic (exact) mass is 734 g/mol. The molecular weight excluding hydrogens is 688 g/mol. The third-order valence-corrected chi connectivity index (χ3v) is 18.3. The van der Waals surface area contributed by atoms with Crippen molar-refractivity contribution in [1.29, 1.82) is 0 Å². The Morgan fingerprint density at radius 2 is 0.980 bits per heavy atom. The molecule has 0 radical (unpaired) electrons. The van der Waals surface area contributed by atoms with E-state index in [-0.39, 0.29) is 30.2 Å². The van der Waals surface area contributed by atoms with Gasteiger partial charge in [0, 0.05) is 0 Å². The van der Waals surface area contributed by atoms with Crippen molar-refractivity contribution in [2.75, 3.05) is 13.2 Å². The van der Waals surface area contributed by atoms with Crippen molar-refractivity contribution in [3.8, 4) is 11.4 Å². The van der Waals surface area contributed by atoms with Crippen LogP contribution in [0.2, 0.25) is 0 Å². The van der Waals surface area contributed by atoms with Crippen molar-refractivity contribution in [2.45, 2.75) is 81.4 Å². The van der Waals surface area contributed by atoms with E-state index in [1.165, 1.54) is 12.1 Å². The van der Waals surface area contributed by atoms with Crippen molar-refractivity contribution in [3.63, 3.8) is 0 Å². The summed E-state index contributed by atoms with van der Waals surface area (Å²) in [4.78, 5) is 0. The van der Waals surface area contributed by atoms with Crippen LogP contribution in [0, 0.1) is 64.8 Å². The van der Waals surface area contributed by atoms with Gasteiger partial charge in [-0.2, -0.15) is 0 Å². The summed E-state index contributed by atoms with van der Waals surface area (Å²) in [6.45, 7) is 16.3. The maximum absolute atomic E-state index is 17.9. The quantitative estimate of drug-likeness (QED) is 0.107. The molecule has 9 heteroatoms. The van der Waals surface area contributed by atoms with E-state index < -0.39 is 39.9 Å². The number of benzene rings is 2. The van der Waals surface area contributed by atoms with E-state index in [1.54, 1.807) is 23.0 Å². The summed E-state index contributed by atoms with van der Waals surface area (Å²) < 4.78 is 86.3. The summed E-state index contributed by atoms with van der Waals surface area (Å²) in [6.07, 6.45) is 11.8. The first-order valence-corrected chi connectivity index (χ1v) is 20.7. The zero-order chi connectivity index (χ0) is 36.8. The first-order valence-electron chi connectivity index (χ1n) is 17.6. The summed E-state index contributed by atoms with van der Waals surface area (Å²) >= 11 is -5.15. The van der Waals surface area contributed by atoms with Gasteiger partial charge in [-0.05, 0) is 0 Å². The van der Waals surface area contributed by atoms with Crippen LogP contribution in [-0.2, 0) is 39.3 Å². The minimum atomic E-state index is -5.15. The zero-order valence-electron chi connectivity index (χ0n) is 30.7. The number of ether oxygens (including phenoxy) is 2. The zero-order valence-corrected chi connectivity index (χ0v) is 32.3. The van der Waals surface area contributed by atoms with Crippen molar-refractivity contribution in [3.05, 3.63) is 137 Å². The SMILES string of the molecule is CCOCc1cc(C)n(-c2cc(C)c(F)[c]([Ti]([C]3=CC=CC3)([C]3=CC=CC3)[c]3c(F)c(C)cc(-n4c(C)cc(COCC)c4C)c3F)c2F)c1C. The molecule has 2 heterocycles. The summed E-state index contributed by atoms with van der Waals surface area (Å²) in [5.41, 5.74) is 5.51. The van der Waals surface area contributed by atoms with Gasteiger partial charge in [-0.15, -0.1) is 0 Å². The average Bonchev–Trinajstić information content (AvgIpc) is 3.92. The normalized spacial score (nSPS) is 14.3. The molecule has 0 unspecified atom stereocenters. The molecule has 6 rings (SSSR count). The van der Waals surface area contributed by atoms with Gasteiger partial charge in [-0.3, -0.25) is 0 Å². The molecule has 0 bridgehead atoms. The van der Waals surface area contributed by atoms with Crippen LogP contribution in [0.5, 0.6) is 0 Å². The van der Waals surface area contributed by atoms with E-state index in [0.29, 0.717) is 47.0 Å². The standard InChI is InChI=1S/2C16H18F2NO.2C5H5.Ti/c2*1-5-20-9-13-7-11(3)19(12(13)4)16-6-10(2)14(17)8-15(16)18;2*1-2-4-5-3-1;/h2*6-7H,5,9H2,1-4H3;2*1-3H,4H2;. The van der Waals surface area contributed by atoms with E-state index in [2.05, 4.69) is 0 Å². The van der Waals surface area contributed by atoms with E-state index >= 15 is 17.6 Å². The molecule has 0 fully saturated rings. The number of allylic oxidation sites excluding steroid dienone is 8. The number of rotatable bonds is 12. The number of hydrogen-bond donors (Lipinski definition) is 0. The van der Waals surface area contributed by atoms with Crippen LogP contribution in [-0.4, -0.2) is 22.3 Å². The number of halogens is 4. The van der Waals surface area contributed by atoms with Crippen LogP contribution in [0.25, 0.3) is 11.4 Å². The predicted octanol–water partition coefficient (Wildman–Crippen LogP) is 9.54. The van der Waals surface area contributed by atoms with Gasteiger partial charge in [-0.1, -0.05) is 0 Å². The van der Waals surface area contributed by atoms with Crippen molar-refractivity contribution < 1.29 is 43.6 Å². The van der Waals surface area contributed by atoms with Crippen LogP contribution in [0.15, 0.2) is 68.5 Å². The van der Waals surface area contributed by atoms with Gasteiger partial charge in [0.05, 0.1) is 0 Å². The Labute approximate surface area is 302 Å². The molecule has 0 saturated carbocycles. The number of hydrogen-bond acceptors (Lipinski definition) is 2. The van der Waals surface area contributed by atoms with Crippen LogP contribution in [0.3, 0.4) is 0 Å². The Morgan fingerprint density at radius 1 is 0.588 bits per heavy atom. The second kappa shape index (κ2) is 14.7. The van der Waals surface area contributed by atoms with Crippen LogP contribution >= 0.6 is 0 Å². The number of aromatic nitrogens is 2. The fraction of sp³-hybridized carbons (Fsp3) is 0.333. The molecule has 51 heavy (non-hydrogen) atoms.